The molecule has 0 saturated carbocycles. The first-order chi connectivity index (χ1) is 12.0. The highest BCUT2D eigenvalue weighted by Gasteiger charge is 2.11. The minimum absolute atomic E-state index is 0.0538. The number of amides is 1. The van der Waals surface area contributed by atoms with Crippen LogP contribution in [0.5, 0.6) is 11.5 Å². The Morgan fingerprint density at radius 1 is 1.04 bits per heavy atom. The zero-order valence-corrected chi connectivity index (χ0v) is 14.4. The maximum atomic E-state index is 12.0. The van der Waals surface area contributed by atoms with E-state index < -0.39 is 11.9 Å². The van der Waals surface area contributed by atoms with E-state index in [1.807, 2.05) is 13.8 Å². The van der Waals surface area contributed by atoms with Crippen molar-refractivity contribution in [3.63, 3.8) is 0 Å². The van der Waals surface area contributed by atoms with Crippen molar-refractivity contribution >= 4 is 17.6 Å². The van der Waals surface area contributed by atoms with Crippen molar-refractivity contribution in [2.75, 3.05) is 19.0 Å². The van der Waals surface area contributed by atoms with Crippen molar-refractivity contribution < 1.29 is 23.8 Å². The predicted octanol–water partition coefficient (Wildman–Crippen LogP) is 3.28. The third-order valence-electron chi connectivity index (χ3n) is 3.15. The zero-order chi connectivity index (χ0) is 18.2. The highest BCUT2D eigenvalue weighted by atomic mass is 16.5. The van der Waals surface area contributed by atoms with Crippen LogP contribution in [-0.2, 0) is 9.53 Å². The number of rotatable bonds is 7. The minimum atomic E-state index is -0.572. The Morgan fingerprint density at radius 2 is 1.76 bits per heavy atom. The van der Waals surface area contributed by atoms with Crippen molar-refractivity contribution in [2.24, 2.45) is 0 Å². The van der Waals surface area contributed by atoms with Gasteiger partial charge < -0.3 is 19.5 Å². The van der Waals surface area contributed by atoms with Crippen LogP contribution in [-0.4, -0.2) is 31.7 Å². The molecule has 0 aliphatic rings. The lowest BCUT2D eigenvalue weighted by molar-refractivity contribution is -0.119. The maximum absolute atomic E-state index is 12.0. The molecule has 0 aliphatic carbocycles. The molecule has 1 N–H and O–H groups in total. The van der Waals surface area contributed by atoms with E-state index in [-0.39, 0.29) is 12.7 Å². The zero-order valence-electron chi connectivity index (χ0n) is 14.4. The van der Waals surface area contributed by atoms with Crippen LogP contribution in [0.4, 0.5) is 5.69 Å². The number of anilines is 1. The van der Waals surface area contributed by atoms with E-state index in [9.17, 15) is 9.59 Å². The van der Waals surface area contributed by atoms with Gasteiger partial charge in [-0.15, -0.1) is 0 Å². The summed E-state index contributed by atoms with van der Waals surface area (Å²) in [5.41, 5.74) is 0.917. The van der Waals surface area contributed by atoms with Crippen molar-refractivity contribution in [2.45, 2.75) is 20.0 Å². The number of ether oxygens (including phenoxy) is 3. The summed E-state index contributed by atoms with van der Waals surface area (Å²) < 4.78 is 15.6. The van der Waals surface area contributed by atoms with Crippen molar-refractivity contribution in [1.29, 1.82) is 0 Å². The number of nitrogens with one attached hydrogen (secondary N) is 1. The molecule has 2 rings (SSSR count). The SMILES string of the molecule is COc1cccc(NC(=O)COC(=O)c2ccc(OC(C)C)cc2)c1. The van der Waals surface area contributed by atoms with Gasteiger partial charge in [-0.1, -0.05) is 6.07 Å². The highest BCUT2D eigenvalue weighted by molar-refractivity contribution is 5.95. The van der Waals surface area contributed by atoms with Gasteiger partial charge in [0, 0.05) is 11.8 Å². The van der Waals surface area contributed by atoms with Crippen molar-refractivity contribution in [3.05, 3.63) is 54.1 Å². The molecule has 0 fully saturated rings. The fraction of sp³-hybridized carbons (Fsp3) is 0.263. The molecule has 2 aromatic carbocycles. The van der Waals surface area contributed by atoms with Gasteiger partial charge in [-0.25, -0.2) is 4.79 Å². The average molecular weight is 343 g/mol. The Hall–Kier alpha value is -3.02. The van der Waals surface area contributed by atoms with Gasteiger partial charge in [0.25, 0.3) is 5.91 Å². The van der Waals surface area contributed by atoms with E-state index >= 15 is 0 Å². The first-order valence-corrected chi connectivity index (χ1v) is 7.85. The molecule has 0 unspecified atom stereocenters. The van der Waals surface area contributed by atoms with Crippen molar-refractivity contribution in [3.8, 4) is 11.5 Å². The van der Waals surface area contributed by atoms with E-state index in [0.717, 1.165) is 0 Å². The van der Waals surface area contributed by atoms with Gasteiger partial charge >= 0.3 is 5.97 Å². The second kappa shape index (κ2) is 8.73. The molecule has 0 saturated heterocycles. The lowest BCUT2D eigenvalue weighted by Gasteiger charge is -2.10. The molecule has 0 bridgehead atoms. The van der Waals surface area contributed by atoms with Gasteiger partial charge in [0.2, 0.25) is 0 Å². The van der Waals surface area contributed by atoms with Gasteiger partial charge in [-0.05, 0) is 50.2 Å². The lowest BCUT2D eigenvalue weighted by atomic mass is 10.2. The largest absolute Gasteiger partial charge is 0.497 e. The summed E-state index contributed by atoms with van der Waals surface area (Å²) in [5.74, 6) is 0.291. The summed E-state index contributed by atoms with van der Waals surface area (Å²) in [4.78, 5) is 23.8. The molecule has 0 aromatic heterocycles. The number of carbonyl (C=O) groups is 2. The van der Waals surface area contributed by atoms with Gasteiger partial charge in [0.1, 0.15) is 11.5 Å². The van der Waals surface area contributed by atoms with E-state index in [2.05, 4.69) is 5.32 Å². The van der Waals surface area contributed by atoms with E-state index in [1.165, 1.54) is 0 Å². The number of carbonyl (C=O) groups excluding carboxylic acids is 2. The minimum Gasteiger partial charge on any atom is -0.497 e. The Bertz CT molecular complexity index is 725. The molecule has 0 radical (unpaired) electrons. The molecule has 0 spiro atoms. The van der Waals surface area contributed by atoms with Gasteiger partial charge in [-0.3, -0.25) is 4.79 Å². The van der Waals surface area contributed by atoms with Crippen LogP contribution in [0.25, 0.3) is 0 Å². The Morgan fingerprint density at radius 3 is 2.40 bits per heavy atom. The van der Waals surface area contributed by atoms with Gasteiger partial charge in [-0.2, -0.15) is 0 Å². The number of benzene rings is 2. The summed E-state index contributed by atoms with van der Waals surface area (Å²) >= 11 is 0. The molecule has 132 valence electrons. The Balaban J connectivity index is 1.85. The van der Waals surface area contributed by atoms with Crippen LogP contribution < -0.4 is 14.8 Å². The molecule has 25 heavy (non-hydrogen) atoms. The lowest BCUT2D eigenvalue weighted by Crippen LogP contribution is -2.20. The predicted molar refractivity (Wildman–Crippen MR) is 94.1 cm³/mol. The molecule has 1 amide bonds. The van der Waals surface area contributed by atoms with Crippen molar-refractivity contribution in [1.82, 2.24) is 0 Å². The summed E-state index contributed by atoms with van der Waals surface area (Å²) in [5, 5.41) is 2.64. The Kier molecular flexibility index (Phi) is 6.39. The number of esters is 1. The fourth-order valence-electron chi connectivity index (χ4n) is 2.05. The number of hydrogen-bond acceptors (Lipinski definition) is 5. The third-order valence-corrected chi connectivity index (χ3v) is 3.15. The summed E-state index contributed by atoms with van der Waals surface area (Å²) in [6.07, 6.45) is 0.0538. The van der Waals surface area contributed by atoms with Gasteiger partial charge in [0.15, 0.2) is 6.61 Å². The van der Waals surface area contributed by atoms with E-state index in [4.69, 9.17) is 14.2 Å². The quantitative estimate of drug-likeness (QED) is 0.781. The van der Waals surface area contributed by atoms with E-state index in [0.29, 0.717) is 22.7 Å². The van der Waals surface area contributed by atoms with Gasteiger partial charge in [0.05, 0.1) is 18.8 Å². The molecule has 0 heterocycles. The molecule has 0 aliphatic heterocycles. The molecule has 0 atom stereocenters. The number of hydrogen-bond donors (Lipinski definition) is 1. The molecule has 6 heteroatoms. The second-order valence-corrected chi connectivity index (χ2v) is 5.55. The molecule has 6 nitrogen and oxygen atoms in total. The first kappa shape index (κ1) is 18.3. The van der Waals surface area contributed by atoms with Crippen LogP contribution in [0, 0.1) is 0 Å². The van der Waals surface area contributed by atoms with Crippen LogP contribution in [0.2, 0.25) is 0 Å². The smallest absolute Gasteiger partial charge is 0.338 e. The maximum Gasteiger partial charge on any atom is 0.338 e. The number of methoxy groups -OCH3 is 1. The summed E-state index contributed by atoms with van der Waals surface area (Å²) in [7, 11) is 1.54. The molecular formula is C19H21NO5. The monoisotopic (exact) mass is 343 g/mol. The van der Waals surface area contributed by atoms with E-state index in [1.54, 1.807) is 55.6 Å². The third kappa shape index (κ3) is 5.84. The van der Waals surface area contributed by atoms with Crippen LogP contribution >= 0.6 is 0 Å². The van der Waals surface area contributed by atoms with Crippen LogP contribution in [0.15, 0.2) is 48.5 Å². The topological polar surface area (TPSA) is 73.9 Å². The summed E-state index contributed by atoms with van der Waals surface area (Å²) in [6.45, 7) is 3.46. The summed E-state index contributed by atoms with van der Waals surface area (Å²) in [6, 6.07) is 13.5. The normalized spacial score (nSPS) is 10.2. The average Bonchev–Trinajstić information content (AvgIpc) is 2.60. The van der Waals surface area contributed by atoms with Crippen LogP contribution in [0.1, 0.15) is 24.2 Å². The second-order valence-electron chi connectivity index (χ2n) is 5.55. The molecule has 2 aromatic rings. The fourth-order valence-corrected chi connectivity index (χ4v) is 2.05. The standard InChI is InChI=1S/C19H21NO5/c1-13(2)25-16-9-7-14(8-10-16)19(22)24-12-18(21)20-15-5-4-6-17(11-15)23-3/h4-11,13H,12H2,1-3H3,(H,20,21). The Labute approximate surface area is 146 Å². The first-order valence-electron chi connectivity index (χ1n) is 7.85. The molecular weight excluding hydrogens is 322 g/mol. The van der Waals surface area contributed by atoms with Crippen LogP contribution in [0.3, 0.4) is 0 Å². The highest BCUT2D eigenvalue weighted by Crippen LogP contribution is 2.17.